The van der Waals surface area contributed by atoms with E-state index in [4.69, 9.17) is 11.6 Å². The molecule has 0 bridgehead atoms. The van der Waals surface area contributed by atoms with E-state index in [1.54, 1.807) is 12.1 Å². The summed E-state index contributed by atoms with van der Waals surface area (Å²) in [7, 11) is 0. The molecular weight excluding hydrogens is 362 g/mol. The molecule has 0 saturated carbocycles. The Kier molecular flexibility index (Phi) is 7.49. The maximum absolute atomic E-state index is 11.9. The molecule has 0 radical (unpaired) electrons. The van der Waals surface area contributed by atoms with Crippen molar-refractivity contribution < 1.29 is 9.59 Å². The lowest BCUT2D eigenvalue weighted by atomic mass is 10.2. The number of aromatic nitrogens is 2. The van der Waals surface area contributed by atoms with Crippen LogP contribution in [0.2, 0.25) is 5.02 Å². The first-order chi connectivity index (χ1) is 12.1. The van der Waals surface area contributed by atoms with Gasteiger partial charge in [-0.1, -0.05) is 54.5 Å². The molecule has 9 heteroatoms. The average molecular weight is 380 g/mol. The number of anilines is 1. The van der Waals surface area contributed by atoms with Crippen molar-refractivity contribution in [1.82, 2.24) is 15.6 Å². The maximum Gasteiger partial charge on any atom is 0.247 e. The van der Waals surface area contributed by atoms with Crippen LogP contribution in [0.4, 0.5) is 5.13 Å². The summed E-state index contributed by atoms with van der Waals surface area (Å²) in [6.45, 7) is 2.02. The third-order valence-electron chi connectivity index (χ3n) is 3.08. The summed E-state index contributed by atoms with van der Waals surface area (Å²) in [5, 5.41) is 15.7. The quantitative estimate of drug-likeness (QED) is 0.544. The molecule has 0 spiro atoms. The smallest absolute Gasteiger partial charge is 0.247 e. The van der Waals surface area contributed by atoms with Crippen LogP contribution in [0.15, 0.2) is 29.4 Å². The minimum Gasteiger partial charge on any atom is -0.301 e. The van der Waals surface area contributed by atoms with Crippen LogP contribution in [0.1, 0.15) is 36.8 Å². The van der Waals surface area contributed by atoms with Crippen LogP contribution in [0.3, 0.4) is 0 Å². The third kappa shape index (κ3) is 6.60. The molecule has 0 aliphatic carbocycles. The van der Waals surface area contributed by atoms with E-state index >= 15 is 0 Å². The lowest BCUT2D eigenvalue weighted by Crippen LogP contribution is -2.19. The van der Waals surface area contributed by atoms with E-state index in [1.165, 1.54) is 17.6 Å². The van der Waals surface area contributed by atoms with Gasteiger partial charge in [0.25, 0.3) is 0 Å². The molecule has 0 atom stereocenters. The van der Waals surface area contributed by atoms with Crippen molar-refractivity contribution >= 4 is 46.1 Å². The van der Waals surface area contributed by atoms with Gasteiger partial charge in [-0.05, 0) is 12.5 Å². The number of halogens is 1. The van der Waals surface area contributed by atoms with Crippen LogP contribution >= 0.6 is 22.9 Å². The normalized spacial score (nSPS) is 10.8. The highest BCUT2D eigenvalue weighted by Gasteiger charge is 2.11. The van der Waals surface area contributed by atoms with Gasteiger partial charge in [0.2, 0.25) is 16.9 Å². The van der Waals surface area contributed by atoms with Crippen LogP contribution in [-0.4, -0.2) is 28.2 Å². The molecule has 0 saturated heterocycles. The number of hydrogen-bond donors (Lipinski definition) is 2. The molecule has 7 nitrogen and oxygen atoms in total. The summed E-state index contributed by atoms with van der Waals surface area (Å²) < 4.78 is 0. The van der Waals surface area contributed by atoms with Crippen molar-refractivity contribution in [2.75, 3.05) is 5.32 Å². The Hall–Kier alpha value is -2.32. The lowest BCUT2D eigenvalue weighted by molar-refractivity contribution is -0.120. The molecular formula is C16H18ClN5O2S. The van der Waals surface area contributed by atoms with Gasteiger partial charge in [0.05, 0.1) is 12.6 Å². The second-order valence-electron chi connectivity index (χ2n) is 5.14. The molecule has 0 aliphatic rings. The first-order valence-corrected chi connectivity index (χ1v) is 8.96. The summed E-state index contributed by atoms with van der Waals surface area (Å²) in [5.41, 5.74) is 3.11. The number of rotatable bonds is 8. The van der Waals surface area contributed by atoms with Gasteiger partial charge in [-0.3, -0.25) is 9.59 Å². The van der Waals surface area contributed by atoms with E-state index in [9.17, 15) is 9.59 Å². The van der Waals surface area contributed by atoms with Crippen LogP contribution in [-0.2, 0) is 16.0 Å². The highest BCUT2D eigenvalue weighted by atomic mass is 35.5. The summed E-state index contributed by atoms with van der Waals surface area (Å²) >= 11 is 7.16. The van der Waals surface area contributed by atoms with Gasteiger partial charge < -0.3 is 5.32 Å². The molecule has 25 heavy (non-hydrogen) atoms. The zero-order chi connectivity index (χ0) is 18.1. The minimum atomic E-state index is -0.330. The molecule has 1 aromatic carbocycles. The second kappa shape index (κ2) is 9.85. The lowest BCUT2D eigenvalue weighted by Gasteiger charge is -1.99. The number of unbranched alkanes of at least 4 members (excludes halogenated alkanes) is 1. The van der Waals surface area contributed by atoms with Gasteiger partial charge in [-0.25, -0.2) is 5.43 Å². The maximum atomic E-state index is 11.9. The molecule has 1 aromatic heterocycles. The third-order valence-corrected chi connectivity index (χ3v) is 4.26. The van der Waals surface area contributed by atoms with Gasteiger partial charge in [0.1, 0.15) is 5.01 Å². The van der Waals surface area contributed by atoms with E-state index in [0.29, 0.717) is 27.1 Å². The zero-order valence-corrected chi connectivity index (χ0v) is 15.2. The number of benzene rings is 1. The Morgan fingerprint density at radius 2 is 2.08 bits per heavy atom. The van der Waals surface area contributed by atoms with Crippen molar-refractivity contribution in [1.29, 1.82) is 0 Å². The van der Waals surface area contributed by atoms with Crippen LogP contribution in [0.5, 0.6) is 0 Å². The summed E-state index contributed by atoms with van der Waals surface area (Å²) in [4.78, 5) is 23.5. The minimum absolute atomic E-state index is 0.0301. The van der Waals surface area contributed by atoms with E-state index in [0.717, 1.165) is 12.8 Å². The van der Waals surface area contributed by atoms with Gasteiger partial charge in [-0.15, -0.1) is 10.2 Å². The fourth-order valence-corrected chi connectivity index (χ4v) is 2.76. The van der Waals surface area contributed by atoms with Crippen LogP contribution < -0.4 is 10.7 Å². The molecule has 1 heterocycles. The zero-order valence-electron chi connectivity index (χ0n) is 13.7. The average Bonchev–Trinajstić information content (AvgIpc) is 3.01. The molecule has 2 rings (SSSR count). The molecule has 0 aliphatic heterocycles. The number of amides is 2. The number of carbonyl (C=O) groups excluding carboxylic acids is 2. The molecule has 2 amide bonds. The molecule has 0 unspecified atom stereocenters. The molecule has 2 aromatic rings. The number of hydrazone groups is 1. The predicted octanol–water partition coefficient (Wildman–Crippen LogP) is 3.01. The summed E-state index contributed by atoms with van der Waals surface area (Å²) in [6, 6.07) is 7.16. The first-order valence-electron chi connectivity index (χ1n) is 7.77. The molecule has 2 N–H and O–H groups in total. The second-order valence-corrected chi connectivity index (χ2v) is 6.61. The fraction of sp³-hybridized carbons (Fsp3) is 0.312. The number of nitrogens with zero attached hydrogens (tertiary/aromatic N) is 3. The van der Waals surface area contributed by atoms with Crippen LogP contribution in [0.25, 0.3) is 0 Å². The van der Waals surface area contributed by atoms with Crippen molar-refractivity contribution in [3.8, 4) is 0 Å². The van der Waals surface area contributed by atoms with Gasteiger partial charge in [-0.2, -0.15) is 5.10 Å². The Bertz CT molecular complexity index is 762. The predicted molar refractivity (Wildman–Crippen MR) is 99.0 cm³/mol. The summed E-state index contributed by atoms with van der Waals surface area (Å²) in [6.07, 6.45) is 3.72. The Morgan fingerprint density at radius 1 is 1.28 bits per heavy atom. The van der Waals surface area contributed by atoms with E-state index < -0.39 is 0 Å². The van der Waals surface area contributed by atoms with Crippen molar-refractivity contribution in [2.24, 2.45) is 5.10 Å². The topological polar surface area (TPSA) is 96.3 Å². The van der Waals surface area contributed by atoms with Gasteiger partial charge in [0.15, 0.2) is 0 Å². The van der Waals surface area contributed by atoms with E-state index in [-0.39, 0.29) is 18.2 Å². The Morgan fingerprint density at radius 3 is 2.84 bits per heavy atom. The molecule has 0 fully saturated rings. The standard InChI is InChI=1S/C16H18ClN5O2S/c1-2-3-8-13(23)19-16-22-21-15(25-16)9-14(24)20-18-10-11-6-4-5-7-12(11)17/h4-7,10H,2-3,8-9H2,1H3,(H,20,24)(H,19,22,23)/b18-10-. The SMILES string of the molecule is CCCCC(=O)Nc1nnc(CC(=O)N/N=C\c2ccccc2Cl)s1. The Balaban J connectivity index is 1.81. The monoisotopic (exact) mass is 379 g/mol. The van der Waals surface area contributed by atoms with E-state index in [1.807, 2.05) is 19.1 Å². The number of carbonyl (C=O) groups is 2. The largest absolute Gasteiger partial charge is 0.301 e. The number of nitrogens with one attached hydrogen (secondary N) is 2. The van der Waals surface area contributed by atoms with E-state index in [2.05, 4.69) is 26.0 Å². The highest BCUT2D eigenvalue weighted by molar-refractivity contribution is 7.15. The van der Waals surface area contributed by atoms with Crippen molar-refractivity contribution in [3.63, 3.8) is 0 Å². The number of hydrogen-bond acceptors (Lipinski definition) is 6. The fourth-order valence-electron chi connectivity index (χ4n) is 1.83. The molecule has 132 valence electrons. The van der Waals surface area contributed by atoms with Gasteiger partial charge >= 0.3 is 0 Å². The van der Waals surface area contributed by atoms with Crippen molar-refractivity contribution in [3.05, 3.63) is 39.9 Å². The first kappa shape index (κ1) is 19.0. The van der Waals surface area contributed by atoms with Gasteiger partial charge in [0, 0.05) is 17.0 Å². The van der Waals surface area contributed by atoms with Crippen LogP contribution in [0, 0.1) is 0 Å². The summed E-state index contributed by atoms with van der Waals surface area (Å²) in [5.74, 6) is -0.429. The Labute approximate surface area is 154 Å². The highest BCUT2D eigenvalue weighted by Crippen LogP contribution is 2.16. The van der Waals surface area contributed by atoms with Crippen molar-refractivity contribution in [2.45, 2.75) is 32.6 Å².